The first-order chi connectivity index (χ1) is 21.8. The average Bonchev–Trinajstić information content (AvgIpc) is 3.54. The average molecular weight is 699 g/mol. The number of likely N-dealkylation sites (tertiary alicyclic amines) is 1. The fourth-order valence-electron chi connectivity index (χ4n) is 3.71. The summed E-state index contributed by atoms with van der Waals surface area (Å²) in [6.07, 6.45) is -0.343. The predicted octanol–water partition coefficient (Wildman–Crippen LogP) is -3.06. The number of imide groups is 1. The Bertz CT molecular complexity index is 2020. The summed E-state index contributed by atoms with van der Waals surface area (Å²) in [5.41, 5.74) is 0.587. The number of carboxylic acids is 1. The Hall–Kier alpha value is -5.62. The highest BCUT2D eigenvalue weighted by Crippen LogP contribution is 2.18. The van der Waals surface area contributed by atoms with Crippen molar-refractivity contribution in [2.45, 2.75) is 45.1 Å². The van der Waals surface area contributed by atoms with E-state index in [0.29, 0.717) is 9.47 Å². The molecule has 252 valence electrons. The Morgan fingerprint density at radius 3 is 2.53 bits per heavy atom. The highest BCUT2D eigenvalue weighted by molar-refractivity contribution is 7.88. The van der Waals surface area contributed by atoms with E-state index in [1.54, 1.807) is 0 Å². The van der Waals surface area contributed by atoms with Gasteiger partial charge in [-0.15, -0.1) is 16.4 Å². The number of anilines is 1. The smallest absolute Gasteiger partial charge is 0.362 e. The van der Waals surface area contributed by atoms with E-state index in [2.05, 4.69) is 25.5 Å². The zero-order chi connectivity index (χ0) is 35.0. The van der Waals surface area contributed by atoms with Gasteiger partial charge in [0.2, 0.25) is 11.0 Å². The first-order valence-electron chi connectivity index (χ1n) is 13.0. The number of aliphatic hydroxyl groups excluding tert-OH is 1. The fourth-order valence-corrected chi connectivity index (χ4v) is 5.16. The number of nitrogens with zero attached hydrogens (tertiary/aromatic N) is 6. The van der Waals surface area contributed by atoms with Gasteiger partial charge in [0.05, 0.1) is 24.9 Å². The number of aromatic hydroxyl groups is 1. The molecule has 2 atom stereocenters. The van der Waals surface area contributed by atoms with E-state index in [9.17, 15) is 52.5 Å². The highest BCUT2D eigenvalue weighted by Gasteiger charge is 2.44. The second-order valence-corrected chi connectivity index (χ2v) is 12.7. The number of oxime groups is 1. The number of urea groups is 1. The summed E-state index contributed by atoms with van der Waals surface area (Å²) < 4.78 is 28.1. The summed E-state index contributed by atoms with van der Waals surface area (Å²) >= 11 is 0.923. The van der Waals surface area contributed by atoms with Gasteiger partial charge in [0.25, 0.3) is 11.8 Å². The molecule has 1 fully saturated rings. The van der Waals surface area contributed by atoms with E-state index in [4.69, 9.17) is 10.6 Å². The van der Waals surface area contributed by atoms with Crippen molar-refractivity contribution in [2.24, 2.45) is 5.16 Å². The number of aliphatic hydroxyl groups is 1. The molecule has 1 aliphatic heterocycles. The van der Waals surface area contributed by atoms with Crippen molar-refractivity contribution in [3.05, 3.63) is 44.0 Å². The van der Waals surface area contributed by atoms with Crippen molar-refractivity contribution >= 4 is 56.2 Å². The number of H-pyrrole nitrogens is 1. The lowest BCUT2D eigenvalue weighted by molar-refractivity contribution is -0.161. The summed E-state index contributed by atoms with van der Waals surface area (Å²) in [6.45, 7) is 2.54. The van der Waals surface area contributed by atoms with Gasteiger partial charge >= 0.3 is 27.9 Å². The molecule has 4 amide bonds. The molecule has 8 N–H and O–H groups in total. The number of rotatable bonds is 11. The van der Waals surface area contributed by atoms with Crippen LogP contribution in [0.5, 0.6) is 5.75 Å². The van der Waals surface area contributed by atoms with Gasteiger partial charge in [-0.25, -0.2) is 24.1 Å². The van der Waals surface area contributed by atoms with Crippen molar-refractivity contribution in [3.8, 4) is 17.3 Å². The third-order valence-electron chi connectivity index (χ3n) is 6.20. The summed E-state index contributed by atoms with van der Waals surface area (Å²) in [6, 6.07) is -2.09. The van der Waals surface area contributed by atoms with Crippen LogP contribution in [-0.4, -0.2) is 106 Å². The largest absolute Gasteiger partial charge is 0.503 e. The Morgan fingerprint density at radius 1 is 1.30 bits per heavy atom. The van der Waals surface area contributed by atoms with Crippen molar-refractivity contribution in [2.75, 3.05) is 12.3 Å². The number of carbonyl (C=O) groups is 4. The van der Waals surface area contributed by atoms with Crippen LogP contribution >= 0.6 is 11.3 Å². The Morgan fingerprint density at radius 2 is 1.98 bits per heavy atom. The SMILES string of the molecule is C[C@H](O)Cn1c(-c2cc(=O)c(O)c[nH]2)nn(S(=O)(=O)NC(=O)N2C[C@H](NC(=O)C(=NOC(C)(C)C(=O)O)c3csc(N)n3)C2=O)c1=O. The predicted molar refractivity (Wildman–Crippen MR) is 158 cm³/mol. The number of aromatic nitrogens is 5. The Kier molecular flexibility index (Phi) is 9.21. The van der Waals surface area contributed by atoms with Crippen LogP contribution in [0.2, 0.25) is 0 Å². The maximum absolute atomic E-state index is 13.0. The number of β-lactam (4-membered cyclic amide) rings is 1. The van der Waals surface area contributed by atoms with Crippen molar-refractivity contribution < 1.29 is 47.8 Å². The first kappa shape index (κ1) is 34.3. The summed E-state index contributed by atoms with van der Waals surface area (Å²) in [5, 5.41) is 39.4. The molecular formula is C23H26N10O12S2. The number of hydrogen-bond donors (Lipinski definition) is 7. The molecule has 0 spiro atoms. The third kappa shape index (κ3) is 7.12. The maximum atomic E-state index is 13.0. The van der Waals surface area contributed by atoms with Gasteiger partial charge in [0.1, 0.15) is 11.7 Å². The molecule has 0 unspecified atom stereocenters. The lowest BCUT2D eigenvalue weighted by atomic mass is 10.1. The molecule has 1 saturated heterocycles. The number of hydrogen-bond acceptors (Lipinski definition) is 16. The van der Waals surface area contributed by atoms with Crippen LogP contribution in [0.1, 0.15) is 26.5 Å². The van der Waals surface area contributed by atoms with E-state index in [1.807, 2.05) is 0 Å². The van der Waals surface area contributed by atoms with Crippen LogP contribution in [0, 0.1) is 0 Å². The molecule has 22 nitrogen and oxygen atoms in total. The molecule has 0 aliphatic carbocycles. The minimum atomic E-state index is -5.15. The maximum Gasteiger partial charge on any atom is 0.362 e. The highest BCUT2D eigenvalue weighted by atomic mass is 32.2. The number of aromatic amines is 1. The van der Waals surface area contributed by atoms with Gasteiger partial charge in [0, 0.05) is 17.6 Å². The van der Waals surface area contributed by atoms with Gasteiger partial charge in [-0.3, -0.25) is 23.9 Å². The second-order valence-electron chi connectivity index (χ2n) is 10.3. The molecule has 4 heterocycles. The summed E-state index contributed by atoms with van der Waals surface area (Å²) in [4.78, 5) is 86.4. The third-order valence-corrected chi connectivity index (χ3v) is 8.00. The van der Waals surface area contributed by atoms with Crippen LogP contribution in [0.4, 0.5) is 9.93 Å². The van der Waals surface area contributed by atoms with E-state index in [0.717, 1.165) is 37.4 Å². The molecule has 3 aromatic rings. The number of amides is 4. The van der Waals surface area contributed by atoms with E-state index < -0.39 is 93.3 Å². The van der Waals surface area contributed by atoms with Crippen molar-refractivity contribution in [1.29, 1.82) is 0 Å². The van der Waals surface area contributed by atoms with Crippen LogP contribution in [0.3, 0.4) is 0 Å². The second kappa shape index (κ2) is 12.6. The number of nitrogen functional groups attached to an aromatic ring is 1. The van der Waals surface area contributed by atoms with Gasteiger partial charge in [-0.2, -0.15) is 8.42 Å². The minimum Gasteiger partial charge on any atom is -0.503 e. The first-order valence-corrected chi connectivity index (χ1v) is 15.3. The molecule has 4 rings (SSSR count). The molecule has 24 heteroatoms. The zero-order valence-corrected chi connectivity index (χ0v) is 26.0. The molecule has 0 radical (unpaired) electrons. The van der Waals surface area contributed by atoms with Gasteiger partial charge < -0.3 is 36.2 Å². The number of pyridine rings is 1. The van der Waals surface area contributed by atoms with Crippen LogP contribution in [0.15, 0.2) is 32.4 Å². The number of carbonyl (C=O) groups excluding carboxylic acids is 3. The molecule has 47 heavy (non-hydrogen) atoms. The Balaban J connectivity index is 1.51. The quantitative estimate of drug-likeness (QED) is 0.0594. The van der Waals surface area contributed by atoms with Gasteiger partial charge in [-0.05, 0) is 20.8 Å². The molecular weight excluding hydrogens is 672 g/mol. The standard InChI is InChI=1S/C23H26N10O12S2/c1-9(34)6-31-16(10-4-13(35)14(36)5-25-10)28-33(22(31)42)47(43,44)30-21(41)32-7-11(18(32)38)26-17(37)15(12-8-46-20(24)27-12)29-45-23(2,3)19(39)40/h4-5,8-9,11,34,36H,6-7H2,1-3H3,(H2,24,27)(H,25,35)(H,26,37)(H,30,41)(H,39,40)/t9-,11-/m0/s1. The van der Waals surface area contributed by atoms with Crippen LogP contribution < -0.4 is 26.9 Å². The lowest BCUT2D eigenvalue weighted by Crippen LogP contribution is -2.68. The van der Waals surface area contributed by atoms with E-state index >= 15 is 0 Å². The Labute approximate surface area is 266 Å². The van der Waals surface area contributed by atoms with Crippen LogP contribution in [-0.2, 0) is 36.0 Å². The summed E-state index contributed by atoms with van der Waals surface area (Å²) in [7, 11) is -5.15. The number of nitrogens with one attached hydrogen (secondary N) is 3. The number of aliphatic carboxylic acids is 1. The molecule has 0 bridgehead atoms. The number of carboxylic acid groups (broad SMARTS) is 1. The number of thiazole rings is 1. The normalized spacial score (nSPS) is 15.9. The molecule has 3 aromatic heterocycles. The lowest BCUT2D eigenvalue weighted by Gasteiger charge is -2.36. The van der Waals surface area contributed by atoms with Crippen molar-refractivity contribution in [3.63, 3.8) is 0 Å². The molecule has 1 aliphatic rings. The molecule has 0 saturated carbocycles. The topological polar surface area (TPSA) is 324 Å². The van der Waals surface area contributed by atoms with E-state index in [1.165, 1.54) is 17.0 Å². The zero-order valence-electron chi connectivity index (χ0n) is 24.4. The van der Waals surface area contributed by atoms with Gasteiger partial charge in [-0.1, -0.05) is 9.24 Å². The summed E-state index contributed by atoms with van der Waals surface area (Å²) in [5.74, 6) is -4.70. The van der Waals surface area contributed by atoms with Crippen molar-refractivity contribution in [1.82, 2.24) is 38.7 Å². The van der Waals surface area contributed by atoms with Crippen LogP contribution in [0.25, 0.3) is 11.5 Å². The fraction of sp³-hybridized carbons (Fsp3) is 0.348. The number of nitrogens with two attached hydrogens (primary N) is 1. The van der Waals surface area contributed by atoms with E-state index in [-0.39, 0.29) is 20.6 Å². The minimum absolute atomic E-state index is 0.0278. The molecule has 0 aromatic carbocycles. The van der Waals surface area contributed by atoms with Gasteiger partial charge in [0.15, 0.2) is 22.4 Å². The monoisotopic (exact) mass is 698 g/mol.